The fourth-order valence-corrected chi connectivity index (χ4v) is 2.55. The van der Waals surface area contributed by atoms with Gasteiger partial charge in [0.05, 0.1) is 12.2 Å². The van der Waals surface area contributed by atoms with Crippen LogP contribution in [0, 0.1) is 5.92 Å². The molecule has 0 saturated carbocycles. The Labute approximate surface area is 115 Å². The molecule has 1 aliphatic rings. The molecule has 3 heteroatoms. The van der Waals surface area contributed by atoms with E-state index in [1.807, 2.05) is 18.2 Å². The van der Waals surface area contributed by atoms with Crippen molar-refractivity contribution >= 4 is 11.5 Å². The van der Waals surface area contributed by atoms with Gasteiger partial charge in [-0.2, -0.15) is 0 Å². The van der Waals surface area contributed by atoms with Crippen LogP contribution in [0.3, 0.4) is 0 Å². The quantitative estimate of drug-likeness (QED) is 0.780. The Bertz CT molecular complexity index is 492. The Morgan fingerprint density at radius 3 is 2.68 bits per heavy atom. The largest absolute Gasteiger partial charge is 0.484 e. The van der Waals surface area contributed by atoms with E-state index in [9.17, 15) is 4.79 Å². The van der Waals surface area contributed by atoms with Crippen molar-refractivity contribution < 1.29 is 9.53 Å². The maximum atomic E-state index is 11.5. The van der Waals surface area contributed by atoms with Gasteiger partial charge in [-0.1, -0.05) is 13.8 Å². The molecular formula is C16H23NO2. The predicted octanol–water partition coefficient (Wildman–Crippen LogP) is 3.52. The van der Waals surface area contributed by atoms with Crippen molar-refractivity contribution in [3.8, 4) is 5.75 Å². The van der Waals surface area contributed by atoms with Gasteiger partial charge in [0, 0.05) is 12.1 Å². The molecule has 0 fully saturated rings. The van der Waals surface area contributed by atoms with Crippen LogP contribution in [0.5, 0.6) is 5.75 Å². The average Bonchev–Trinajstić information content (AvgIpc) is 2.25. The average molecular weight is 261 g/mol. The van der Waals surface area contributed by atoms with E-state index in [1.165, 1.54) is 0 Å². The predicted molar refractivity (Wildman–Crippen MR) is 78.2 cm³/mol. The monoisotopic (exact) mass is 261 g/mol. The van der Waals surface area contributed by atoms with E-state index in [2.05, 4.69) is 32.6 Å². The normalized spacial score (nSPS) is 17.1. The molecule has 0 unspecified atom stereocenters. The third kappa shape index (κ3) is 3.09. The first kappa shape index (κ1) is 13.9. The van der Waals surface area contributed by atoms with Crippen molar-refractivity contribution in [2.45, 2.75) is 40.2 Å². The van der Waals surface area contributed by atoms with Gasteiger partial charge in [0.15, 0.2) is 5.78 Å². The molecule has 0 amide bonds. The van der Waals surface area contributed by atoms with E-state index in [0.29, 0.717) is 5.92 Å². The molecule has 1 heterocycles. The summed E-state index contributed by atoms with van der Waals surface area (Å²) in [4.78, 5) is 13.9. The summed E-state index contributed by atoms with van der Waals surface area (Å²) in [5, 5.41) is 0. The third-order valence-corrected chi connectivity index (χ3v) is 3.25. The van der Waals surface area contributed by atoms with Crippen LogP contribution in [-0.2, 0) is 0 Å². The first-order valence-electron chi connectivity index (χ1n) is 6.87. The number of nitrogens with zero attached hydrogens (tertiary/aromatic N) is 1. The summed E-state index contributed by atoms with van der Waals surface area (Å²) in [6.07, 6.45) is 0. The number of hydrogen-bond donors (Lipinski definition) is 0. The lowest BCUT2D eigenvalue weighted by molar-refractivity contribution is 0.101. The first-order valence-corrected chi connectivity index (χ1v) is 6.87. The highest BCUT2D eigenvalue weighted by molar-refractivity contribution is 5.95. The summed E-state index contributed by atoms with van der Waals surface area (Å²) in [6, 6.07) is 5.71. The summed E-state index contributed by atoms with van der Waals surface area (Å²) < 4.78 is 6.01. The number of rotatable bonds is 3. The molecule has 3 nitrogen and oxygen atoms in total. The minimum Gasteiger partial charge on any atom is -0.484 e. The van der Waals surface area contributed by atoms with E-state index in [4.69, 9.17) is 4.74 Å². The summed E-state index contributed by atoms with van der Waals surface area (Å²) in [5.41, 5.74) is 1.59. The molecule has 0 saturated heterocycles. The number of Topliss-reactive ketones (excluding diaryl/α,β-unsaturated/α-hetero) is 1. The molecule has 0 spiro atoms. The van der Waals surface area contributed by atoms with E-state index in [-0.39, 0.29) is 11.4 Å². The van der Waals surface area contributed by atoms with Gasteiger partial charge in [0.1, 0.15) is 11.4 Å². The zero-order valence-electron chi connectivity index (χ0n) is 12.5. The van der Waals surface area contributed by atoms with Gasteiger partial charge >= 0.3 is 0 Å². The summed E-state index contributed by atoms with van der Waals surface area (Å²) >= 11 is 0. The molecule has 19 heavy (non-hydrogen) atoms. The van der Waals surface area contributed by atoms with Gasteiger partial charge in [-0.25, -0.2) is 0 Å². The minimum absolute atomic E-state index is 0.0946. The van der Waals surface area contributed by atoms with Crippen LogP contribution in [0.25, 0.3) is 0 Å². The maximum Gasteiger partial charge on any atom is 0.159 e. The molecule has 0 aromatic heterocycles. The van der Waals surface area contributed by atoms with E-state index < -0.39 is 0 Å². The van der Waals surface area contributed by atoms with Crippen molar-refractivity contribution in [3.63, 3.8) is 0 Å². The van der Waals surface area contributed by atoms with Gasteiger partial charge in [0.2, 0.25) is 0 Å². The Balaban J connectivity index is 2.42. The lowest BCUT2D eigenvalue weighted by atomic mass is 10.0. The van der Waals surface area contributed by atoms with Crippen LogP contribution in [0.4, 0.5) is 5.69 Å². The molecular weight excluding hydrogens is 238 g/mol. The molecule has 1 aromatic carbocycles. The van der Waals surface area contributed by atoms with Gasteiger partial charge in [0.25, 0.3) is 0 Å². The van der Waals surface area contributed by atoms with Gasteiger partial charge in [-0.15, -0.1) is 0 Å². The molecule has 0 aliphatic carbocycles. The van der Waals surface area contributed by atoms with Crippen molar-refractivity contribution in [1.82, 2.24) is 0 Å². The molecule has 0 N–H and O–H groups in total. The first-order chi connectivity index (χ1) is 8.78. The fraction of sp³-hybridized carbons (Fsp3) is 0.562. The molecule has 0 radical (unpaired) electrons. The summed E-state index contributed by atoms with van der Waals surface area (Å²) in [7, 11) is 0. The van der Waals surface area contributed by atoms with Crippen molar-refractivity contribution in [1.29, 1.82) is 0 Å². The lowest BCUT2D eigenvalue weighted by Gasteiger charge is -2.41. The maximum absolute atomic E-state index is 11.5. The molecule has 2 rings (SSSR count). The Morgan fingerprint density at radius 2 is 2.11 bits per heavy atom. The highest BCUT2D eigenvalue weighted by Crippen LogP contribution is 2.38. The molecule has 104 valence electrons. The van der Waals surface area contributed by atoms with E-state index >= 15 is 0 Å². The van der Waals surface area contributed by atoms with Crippen LogP contribution in [-0.4, -0.2) is 24.5 Å². The van der Waals surface area contributed by atoms with Crippen LogP contribution in [0.1, 0.15) is 45.0 Å². The van der Waals surface area contributed by atoms with Crippen molar-refractivity contribution in [3.05, 3.63) is 23.8 Å². The van der Waals surface area contributed by atoms with Crippen LogP contribution in [0.2, 0.25) is 0 Å². The number of benzene rings is 1. The topological polar surface area (TPSA) is 29.5 Å². The molecule has 0 bridgehead atoms. The highest BCUT2D eigenvalue weighted by atomic mass is 16.5. The lowest BCUT2D eigenvalue weighted by Crippen LogP contribution is -2.48. The van der Waals surface area contributed by atoms with Crippen LogP contribution >= 0.6 is 0 Å². The van der Waals surface area contributed by atoms with E-state index in [1.54, 1.807) is 6.92 Å². The van der Waals surface area contributed by atoms with Crippen LogP contribution < -0.4 is 9.64 Å². The molecule has 1 aromatic rings. The number of carbonyl (C=O) groups excluding carboxylic acids is 1. The summed E-state index contributed by atoms with van der Waals surface area (Å²) in [5.74, 6) is 1.54. The van der Waals surface area contributed by atoms with Crippen molar-refractivity contribution in [2.75, 3.05) is 18.0 Å². The fourth-order valence-electron chi connectivity index (χ4n) is 2.55. The number of anilines is 1. The van der Waals surface area contributed by atoms with Gasteiger partial charge < -0.3 is 9.64 Å². The smallest absolute Gasteiger partial charge is 0.159 e. The van der Waals surface area contributed by atoms with Crippen molar-refractivity contribution in [2.24, 2.45) is 5.92 Å². The zero-order chi connectivity index (χ0) is 14.2. The number of carbonyl (C=O) groups is 1. The summed E-state index contributed by atoms with van der Waals surface area (Å²) in [6.45, 7) is 12.0. The minimum atomic E-state index is -0.195. The standard InChI is InChI=1S/C16H23NO2/c1-11(2)9-17-10-16(4,5)19-15-7-6-13(12(3)18)8-14(15)17/h6-8,11H,9-10H2,1-5H3. The number of fused-ring (bicyclic) bond motifs is 1. The SMILES string of the molecule is CC(=O)c1ccc2c(c1)N(CC(C)C)CC(C)(C)O2. The Kier molecular flexibility index (Phi) is 3.57. The molecule has 0 atom stereocenters. The second kappa shape index (κ2) is 4.87. The second-order valence-corrected chi connectivity index (χ2v) is 6.37. The zero-order valence-corrected chi connectivity index (χ0v) is 12.5. The number of ether oxygens (including phenoxy) is 1. The highest BCUT2D eigenvalue weighted by Gasteiger charge is 2.32. The van der Waals surface area contributed by atoms with Gasteiger partial charge in [-0.05, 0) is 44.9 Å². The Hall–Kier alpha value is -1.51. The number of ketones is 1. The van der Waals surface area contributed by atoms with E-state index in [0.717, 1.165) is 30.1 Å². The molecule has 1 aliphatic heterocycles. The third-order valence-electron chi connectivity index (χ3n) is 3.25. The Morgan fingerprint density at radius 1 is 1.42 bits per heavy atom. The van der Waals surface area contributed by atoms with Crippen LogP contribution in [0.15, 0.2) is 18.2 Å². The van der Waals surface area contributed by atoms with Gasteiger partial charge in [-0.3, -0.25) is 4.79 Å². The second-order valence-electron chi connectivity index (χ2n) is 6.37. The number of hydrogen-bond acceptors (Lipinski definition) is 3.